The second-order valence-corrected chi connectivity index (χ2v) is 6.61. The molecule has 1 N–H and O–H groups in total. The summed E-state index contributed by atoms with van der Waals surface area (Å²) in [4.78, 5) is 16.7. The molecule has 4 nitrogen and oxygen atoms in total. The van der Waals surface area contributed by atoms with Crippen molar-refractivity contribution in [3.63, 3.8) is 0 Å². The minimum atomic E-state index is 0.117. The molecule has 1 saturated heterocycles. The van der Waals surface area contributed by atoms with E-state index in [4.69, 9.17) is 0 Å². The highest BCUT2D eigenvalue weighted by Crippen LogP contribution is 2.16. The molecule has 0 spiro atoms. The predicted octanol–water partition coefficient (Wildman–Crippen LogP) is 3.29. The number of nitrogens with zero attached hydrogens (tertiary/aromatic N) is 2. The van der Waals surface area contributed by atoms with Gasteiger partial charge in [-0.05, 0) is 36.5 Å². The molecule has 0 unspecified atom stereocenters. The standard InChI is InChI=1S/C18H23N3OS/c22-18(19-16-8-14-23-15-16)7-4-9-20-10-12-21(13-11-20)17-5-2-1-3-6-17/h1-3,5-6,8,14-15H,4,7,9-13H2,(H,19,22). The average Bonchev–Trinajstić information content (AvgIpc) is 3.09. The van der Waals surface area contributed by atoms with Crippen LogP contribution in [0.2, 0.25) is 0 Å². The number of para-hydroxylation sites is 1. The fourth-order valence-corrected chi connectivity index (χ4v) is 3.48. The van der Waals surface area contributed by atoms with E-state index in [1.807, 2.05) is 16.8 Å². The van der Waals surface area contributed by atoms with Crippen molar-refractivity contribution in [2.24, 2.45) is 0 Å². The number of nitrogens with one attached hydrogen (secondary N) is 1. The minimum Gasteiger partial charge on any atom is -0.369 e. The van der Waals surface area contributed by atoms with Gasteiger partial charge in [-0.1, -0.05) is 18.2 Å². The molecule has 0 saturated carbocycles. The molecule has 1 amide bonds. The van der Waals surface area contributed by atoms with E-state index in [2.05, 4.69) is 45.4 Å². The largest absolute Gasteiger partial charge is 0.369 e. The number of benzene rings is 1. The summed E-state index contributed by atoms with van der Waals surface area (Å²) in [6, 6.07) is 12.5. The number of hydrogen-bond donors (Lipinski definition) is 1. The SMILES string of the molecule is O=C(CCCN1CCN(c2ccccc2)CC1)Nc1ccsc1. The highest BCUT2D eigenvalue weighted by Gasteiger charge is 2.16. The molecule has 2 aromatic rings. The van der Waals surface area contributed by atoms with Crippen LogP contribution < -0.4 is 10.2 Å². The van der Waals surface area contributed by atoms with Gasteiger partial charge in [0.25, 0.3) is 0 Å². The Morgan fingerprint density at radius 3 is 2.57 bits per heavy atom. The maximum absolute atomic E-state index is 11.9. The lowest BCUT2D eigenvalue weighted by atomic mass is 10.2. The maximum atomic E-state index is 11.9. The van der Waals surface area contributed by atoms with Gasteiger partial charge in [-0.3, -0.25) is 9.69 Å². The van der Waals surface area contributed by atoms with Crippen molar-refractivity contribution >= 4 is 28.6 Å². The van der Waals surface area contributed by atoms with Gasteiger partial charge in [0, 0.05) is 43.7 Å². The van der Waals surface area contributed by atoms with Crippen molar-refractivity contribution in [2.45, 2.75) is 12.8 Å². The van der Waals surface area contributed by atoms with Crippen molar-refractivity contribution in [3.05, 3.63) is 47.2 Å². The number of anilines is 2. The molecule has 0 atom stereocenters. The lowest BCUT2D eigenvalue weighted by molar-refractivity contribution is -0.116. The van der Waals surface area contributed by atoms with Crippen LogP contribution in [0, 0.1) is 0 Å². The van der Waals surface area contributed by atoms with Gasteiger partial charge in [0.1, 0.15) is 0 Å². The zero-order chi connectivity index (χ0) is 15.9. The van der Waals surface area contributed by atoms with Crippen LogP contribution in [0.3, 0.4) is 0 Å². The van der Waals surface area contributed by atoms with Crippen LogP contribution >= 0.6 is 11.3 Å². The van der Waals surface area contributed by atoms with Crippen LogP contribution in [0.15, 0.2) is 47.2 Å². The summed E-state index contributed by atoms with van der Waals surface area (Å²) in [5.41, 5.74) is 2.22. The topological polar surface area (TPSA) is 35.6 Å². The number of thiophene rings is 1. The van der Waals surface area contributed by atoms with E-state index in [1.54, 1.807) is 11.3 Å². The smallest absolute Gasteiger partial charge is 0.224 e. The summed E-state index contributed by atoms with van der Waals surface area (Å²) in [7, 11) is 0. The number of piperazine rings is 1. The second-order valence-electron chi connectivity index (χ2n) is 5.83. The molecule has 1 aromatic heterocycles. The quantitative estimate of drug-likeness (QED) is 0.883. The predicted molar refractivity (Wildman–Crippen MR) is 97.3 cm³/mol. The van der Waals surface area contributed by atoms with E-state index in [0.29, 0.717) is 6.42 Å². The summed E-state index contributed by atoms with van der Waals surface area (Å²) in [6.45, 7) is 5.26. The molecule has 3 rings (SSSR count). The molecular weight excluding hydrogens is 306 g/mol. The first-order valence-electron chi connectivity index (χ1n) is 8.16. The van der Waals surface area contributed by atoms with E-state index in [-0.39, 0.29) is 5.91 Å². The van der Waals surface area contributed by atoms with Crippen LogP contribution in [0.1, 0.15) is 12.8 Å². The summed E-state index contributed by atoms with van der Waals surface area (Å²) >= 11 is 1.60. The van der Waals surface area contributed by atoms with Gasteiger partial charge in [0.15, 0.2) is 0 Å². The Morgan fingerprint density at radius 2 is 1.87 bits per heavy atom. The van der Waals surface area contributed by atoms with Crippen molar-refractivity contribution in [1.82, 2.24) is 4.90 Å². The van der Waals surface area contributed by atoms with Crippen LogP contribution in [0.25, 0.3) is 0 Å². The fraction of sp³-hybridized carbons (Fsp3) is 0.389. The van der Waals surface area contributed by atoms with Gasteiger partial charge in [-0.25, -0.2) is 0 Å². The Balaban J connectivity index is 1.34. The monoisotopic (exact) mass is 329 g/mol. The van der Waals surface area contributed by atoms with Crippen molar-refractivity contribution < 1.29 is 4.79 Å². The first-order valence-corrected chi connectivity index (χ1v) is 9.10. The van der Waals surface area contributed by atoms with E-state index in [0.717, 1.165) is 44.8 Å². The zero-order valence-corrected chi connectivity index (χ0v) is 14.1. The number of hydrogen-bond acceptors (Lipinski definition) is 4. The van der Waals surface area contributed by atoms with Gasteiger partial charge in [-0.15, -0.1) is 0 Å². The lowest BCUT2D eigenvalue weighted by Gasteiger charge is -2.36. The van der Waals surface area contributed by atoms with Crippen molar-refractivity contribution in [3.8, 4) is 0 Å². The Labute approximate surface area is 141 Å². The summed E-state index contributed by atoms with van der Waals surface area (Å²) < 4.78 is 0. The molecule has 5 heteroatoms. The lowest BCUT2D eigenvalue weighted by Crippen LogP contribution is -2.46. The third kappa shape index (κ3) is 4.81. The van der Waals surface area contributed by atoms with Crippen molar-refractivity contribution in [2.75, 3.05) is 42.9 Å². The van der Waals surface area contributed by atoms with E-state index >= 15 is 0 Å². The molecule has 1 aliphatic rings. The molecule has 0 aliphatic carbocycles. The summed E-state index contributed by atoms with van der Waals surface area (Å²) in [6.07, 6.45) is 1.51. The number of amides is 1. The van der Waals surface area contributed by atoms with Gasteiger partial charge < -0.3 is 10.2 Å². The van der Waals surface area contributed by atoms with E-state index < -0.39 is 0 Å². The van der Waals surface area contributed by atoms with Crippen LogP contribution in [0.5, 0.6) is 0 Å². The molecular formula is C18H23N3OS. The maximum Gasteiger partial charge on any atom is 0.224 e. The van der Waals surface area contributed by atoms with E-state index in [1.165, 1.54) is 5.69 Å². The number of carbonyl (C=O) groups excluding carboxylic acids is 1. The molecule has 1 fully saturated rings. The van der Waals surface area contributed by atoms with Gasteiger partial charge in [0.05, 0.1) is 5.69 Å². The Bertz CT molecular complexity index is 592. The van der Waals surface area contributed by atoms with Crippen LogP contribution in [0.4, 0.5) is 11.4 Å². The molecule has 0 radical (unpaired) electrons. The number of carbonyl (C=O) groups is 1. The first-order chi connectivity index (χ1) is 11.3. The molecule has 1 aliphatic heterocycles. The van der Waals surface area contributed by atoms with Crippen LogP contribution in [-0.2, 0) is 4.79 Å². The molecule has 23 heavy (non-hydrogen) atoms. The van der Waals surface area contributed by atoms with Gasteiger partial charge >= 0.3 is 0 Å². The Morgan fingerprint density at radius 1 is 1.09 bits per heavy atom. The number of rotatable bonds is 6. The third-order valence-electron chi connectivity index (χ3n) is 4.18. The summed E-state index contributed by atoms with van der Waals surface area (Å²) in [5.74, 6) is 0.117. The zero-order valence-electron chi connectivity index (χ0n) is 13.3. The molecule has 1 aromatic carbocycles. The average molecular weight is 329 g/mol. The minimum absolute atomic E-state index is 0.117. The molecule has 2 heterocycles. The second kappa shape index (κ2) is 8.13. The third-order valence-corrected chi connectivity index (χ3v) is 4.86. The molecule has 122 valence electrons. The molecule has 0 bridgehead atoms. The summed E-state index contributed by atoms with van der Waals surface area (Å²) in [5, 5.41) is 6.87. The highest BCUT2D eigenvalue weighted by molar-refractivity contribution is 7.08. The van der Waals surface area contributed by atoms with Crippen molar-refractivity contribution in [1.29, 1.82) is 0 Å². The van der Waals surface area contributed by atoms with E-state index in [9.17, 15) is 4.79 Å². The van der Waals surface area contributed by atoms with Crippen LogP contribution in [-0.4, -0.2) is 43.5 Å². The normalized spacial score (nSPS) is 15.6. The van der Waals surface area contributed by atoms with Gasteiger partial charge in [-0.2, -0.15) is 11.3 Å². The van der Waals surface area contributed by atoms with Gasteiger partial charge in [0.2, 0.25) is 5.91 Å². The fourth-order valence-electron chi connectivity index (χ4n) is 2.89. The highest BCUT2D eigenvalue weighted by atomic mass is 32.1. The Kier molecular flexibility index (Phi) is 5.66. The Hall–Kier alpha value is -1.85. The first kappa shape index (κ1) is 16.0.